The van der Waals surface area contributed by atoms with Gasteiger partial charge >= 0.3 is 6.18 Å². The molecule has 0 radical (unpaired) electrons. The van der Waals surface area contributed by atoms with E-state index >= 15 is 0 Å². The number of amides is 1. The second-order valence-electron chi connectivity index (χ2n) is 6.36. The quantitative estimate of drug-likeness (QED) is 0.846. The SMILES string of the molecule is COc1ccccc1C1CNCCN1C(=O)COc1cccc(C(F)(F)F)c1. The van der Waals surface area contributed by atoms with Crippen molar-refractivity contribution < 1.29 is 27.4 Å². The number of carbonyl (C=O) groups excluding carboxylic acids is 1. The molecule has 1 aliphatic rings. The van der Waals surface area contributed by atoms with Crippen LogP contribution in [0.4, 0.5) is 13.2 Å². The summed E-state index contributed by atoms with van der Waals surface area (Å²) in [5.74, 6) is 0.384. The highest BCUT2D eigenvalue weighted by Gasteiger charge is 2.32. The minimum absolute atomic E-state index is 0.00662. The fraction of sp³-hybridized carbons (Fsp3) is 0.350. The molecule has 5 nitrogen and oxygen atoms in total. The Labute approximate surface area is 161 Å². The van der Waals surface area contributed by atoms with Gasteiger partial charge in [0.1, 0.15) is 11.5 Å². The van der Waals surface area contributed by atoms with Crippen LogP contribution in [0.15, 0.2) is 48.5 Å². The van der Waals surface area contributed by atoms with Crippen LogP contribution in [0.25, 0.3) is 0 Å². The maximum absolute atomic E-state index is 12.8. The molecule has 0 aliphatic carbocycles. The van der Waals surface area contributed by atoms with Crippen LogP contribution in [0.1, 0.15) is 17.2 Å². The predicted molar refractivity (Wildman–Crippen MR) is 97.3 cm³/mol. The summed E-state index contributed by atoms with van der Waals surface area (Å²) in [4.78, 5) is 14.4. The summed E-state index contributed by atoms with van der Waals surface area (Å²) in [5.41, 5.74) is 0.0520. The van der Waals surface area contributed by atoms with Crippen LogP contribution in [-0.4, -0.2) is 44.2 Å². The highest BCUT2D eigenvalue weighted by atomic mass is 19.4. The number of benzene rings is 2. The molecule has 1 heterocycles. The lowest BCUT2D eigenvalue weighted by Gasteiger charge is -2.37. The molecule has 1 unspecified atom stereocenters. The van der Waals surface area contributed by atoms with Gasteiger partial charge in [0.2, 0.25) is 0 Å². The number of piperazine rings is 1. The van der Waals surface area contributed by atoms with Crippen molar-refractivity contribution in [3.63, 3.8) is 0 Å². The Balaban J connectivity index is 1.72. The van der Waals surface area contributed by atoms with Gasteiger partial charge in [-0.3, -0.25) is 4.79 Å². The van der Waals surface area contributed by atoms with Gasteiger partial charge in [-0.15, -0.1) is 0 Å². The van der Waals surface area contributed by atoms with E-state index in [2.05, 4.69) is 5.32 Å². The van der Waals surface area contributed by atoms with Crippen LogP contribution in [0.2, 0.25) is 0 Å². The van der Waals surface area contributed by atoms with Gasteiger partial charge in [0.25, 0.3) is 5.91 Å². The number of hydrogen-bond donors (Lipinski definition) is 1. The van der Waals surface area contributed by atoms with Gasteiger partial charge in [0, 0.05) is 25.2 Å². The van der Waals surface area contributed by atoms with E-state index in [4.69, 9.17) is 9.47 Å². The Hall–Kier alpha value is -2.74. The Morgan fingerprint density at radius 1 is 1.21 bits per heavy atom. The largest absolute Gasteiger partial charge is 0.496 e. The molecule has 3 rings (SSSR count). The molecule has 2 aromatic rings. The molecule has 150 valence electrons. The van der Waals surface area contributed by atoms with Crippen LogP contribution < -0.4 is 14.8 Å². The predicted octanol–water partition coefficient (Wildman–Crippen LogP) is 3.27. The molecule has 1 N–H and O–H groups in total. The second kappa shape index (κ2) is 8.52. The standard InChI is InChI=1S/C20H21F3N2O3/c1-27-18-8-3-2-7-16(18)17-12-24-9-10-25(17)19(26)13-28-15-6-4-5-14(11-15)20(21,22)23/h2-8,11,17,24H,9-10,12-13H2,1H3. The number of alkyl halides is 3. The van der Waals surface area contributed by atoms with E-state index in [0.29, 0.717) is 25.4 Å². The zero-order valence-corrected chi connectivity index (χ0v) is 15.3. The first-order chi connectivity index (χ1) is 13.4. The Kier molecular flexibility index (Phi) is 6.08. The number of halogens is 3. The number of ether oxygens (including phenoxy) is 2. The molecule has 1 amide bonds. The minimum atomic E-state index is -4.46. The van der Waals surface area contributed by atoms with Crippen LogP contribution in [0, 0.1) is 0 Å². The number of nitrogens with zero attached hydrogens (tertiary/aromatic N) is 1. The Morgan fingerprint density at radius 2 is 2.00 bits per heavy atom. The third-order valence-corrected chi connectivity index (χ3v) is 4.59. The van der Waals surface area contributed by atoms with Crippen molar-refractivity contribution in [1.82, 2.24) is 10.2 Å². The number of nitrogens with one attached hydrogen (secondary N) is 1. The second-order valence-corrected chi connectivity index (χ2v) is 6.36. The van der Waals surface area contributed by atoms with E-state index in [9.17, 15) is 18.0 Å². The van der Waals surface area contributed by atoms with Crippen molar-refractivity contribution in [1.29, 1.82) is 0 Å². The summed E-state index contributed by atoms with van der Waals surface area (Å²) in [5, 5.41) is 3.25. The number of carbonyl (C=O) groups is 1. The van der Waals surface area contributed by atoms with E-state index in [1.165, 1.54) is 12.1 Å². The first-order valence-corrected chi connectivity index (χ1v) is 8.83. The molecule has 0 spiro atoms. The maximum Gasteiger partial charge on any atom is 0.416 e. The number of hydrogen-bond acceptors (Lipinski definition) is 4. The molecular formula is C20H21F3N2O3. The Morgan fingerprint density at radius 3 is 2.75 bits per heavy atom. The highest BCUT2D eigenvalue weighted by Crippen LogP contribution is 2.32. The summed E-state index contributed by atoms with van der Waals surface area (Å²) < 4.78 is 49.2. The van der Waals surface area contributed by atoms with Gasteiger partial charge in [-0.1, -0.05) is 24.3 Å². The number of rotatable bonds is 5. The Bertz CT molecular complexity index is 826. The van der Waals surface area contributed by atoms with Gasteiger partial charge < -0.3 is 19.7 Å². The van der Waals surface area contributed by atoms with Crippen molar-refractivity contribution in [3.8, 4) is 11.5 Å². The van der Waals surface area contributed by atoms with Crippen molar-refractivity contribution in [2.45, 2.75) is 12.2 Å². The maximum atomic E-state index is 12.8. The molecule has 2 aromatic carbocycles. The molecule has 0 bridgehead atoms. The summed E-state index contributed by atoms with van der Waals surface area (Å²) in [7, 11) is 1.57. The molecule has 8 heteroatoms. The smallest absolute Gasteiger partial charge is 0.416 e. The lowest BCUT2D eigenvalue weighted by Crippen LogP contribution is -2.50. The van der Waals surface area contributed by atoms with Gasteiger partial charge in [0.05, 0.1) is 18.7 Å². The summed E-state index contributed by atoms with van der Waals surface area (Å²) >= 11 is 0. The molecule has 1 saturated heterocycles. The molecular weight excluding hydrogens is 373 g/mol. The molecule has 1 aliphatic heterocycles. The number of para-hydroxylation sites is 1. The fourth-order valence-electron chi connectivity index (χ4n) is 3.21. The van der Waals surface area contributed by atoms with Crippen molar-refractivity contribution in [3.05, 3.63) is 59.7 Å². The fourth-order valence-corrected chi connectivity index (χ4v) is 3.21. The zero-order chi connectivity index (χ0) is 20.1. The normalized spacial score (nSPS) is 17.3. The van der Waals surface area contributed by atoms with Gasteiger partial charge in [-0.05, 0) is 24.3 Å². The lowest BCUT2D eigenvalue weighted by molar-refractivity contribution is -0.137. The molecule has 1 atom stereocenters. The van der Waals surface area contributed by atoms with Gasteiger partial charge in [-0.2, -0.15) is 13.2 Å². The van der Waals surface area contributed by atoms with Gasteiger partial charge in [-0.25, -0.2) is 0 Å². The van der Waals surface area contributed by atoms with Crippen LogP contribution in [-0.2, 0) is 11.0 Å². The molecule has 0 aromatic heterocycles. The third-order valence-electron chi connectivity index (χ3n) is 4.59. The first kappa shape index (κ1) is 20.0. The summed E-state index contributed by atoms with van der Waals surface area (Å²) in [6.45, 7) is 1.30. The van der Waals surface area contributed by atoms with Crippen molar-refractivity contribution >= 4 is 5.91 Å². The number of methoxy groups -OCH3 is 1. The topological polar surface area (TPSA) is 50.8 Å². The van der Waals surface area contributed by atoms with Crippen LogP contribution in [0.3, 0.4) is 0 Å². The summed E-state index contributed by atoms with van der Waals surface area (Å²) in [6, 6.07) is 11.7. The van der Waals surface area contributed by atoms with E-state index in [0.717, 1.165) is 17.7 Å². The average molecular weight is 394 g/mol. The highest BCUT2D eigenvalue weighted by molar-refractivity contribution is 5.78. The van der Waals surface area contributed by atoms with Gasteiger partial charge in [0.15, 0.2) is 6.61 Å². The minimum Gasteiger partial charge on any atom is -0.496 e. The van der Waals surface area contributed by atoms with E-state index in [-0.39, 0.29) is 24.3 Å². The van der Waals surface area contributed by atoms with Crippen molar-refractivity contribution in [2.75, 3.05) is 33.4 Å². The van der Waals surface area contributed by atoms with Crippen molar-refractivity contribution in [2.24, 2.45) is 0 Å². The average Bonchev–Trinajstić information content (AvgIpc) is 2.71. The van der Waals surface area contributed by atoms with E-state index in [1.54, 1.807) is 12.0 Å². The van der Waals surface area contributed by atoms with E-state index < -0.39 is 11.7 Å². The van der Waals surface area contributed by atoms with Crippen LogP contribution >= 0.6 is 0 Å². The van der Waals surface area contributed by atoms with Crippen LogP contribution in [0.5, 0.6) is 11.5 Å². The third kappa shape index (κ3) is 4.56. The lowest BCUT2D eigenvalue weighted by atomic mass is 10.0. The zero-order valence-electron chi connectivity index (χ0n) is 15.3. The molecule has 28 heavy (non-hydrogen) atoms. The summed E-state index contributed by atoms with van der Waals surface area (Å²) in [6.07, 6.45) is -4.46. The molecule has 0 saturated carbocycles. The van der Waals surface area contributed by atoms with E-state index in [1.807, 2.05) is 24.3 Å². The molecule has 1 fully saturated rings. The monoisotopic (exact) mass is 394 g/mol. The first-order valence-electron chi connectivity index (χ1n) is 8.83.